The summed E-state index contributed by atoms with van der Waals surface area (Å²) in [7, 11) is 0. The summed E-state index contributed by atoms with van der Waals surface area (Å²) in [4.78, 5) is 36.0. The third kappa shape index (κ3) is 2.85. The first-order chi connectivity index (χ1) is 9.58. The van der Waals surface area contributed by atoms with Gasteiger partial charge in [0.2, 0.25) is 11.8 Å². The number of imide groups is 1. The van der Waals surface area contributed by atoms with Crippen molar-refractivity contribution in [2.75, 3.05) is 19.6 Å². The molecule has 0 aromatic rings. The smallest absolute Gasteiger partial charge is 0.324 e. The Morgan fingerprint density at radius 3 is 2.62 bits per heavy atom. The molecule has 2 saturated carbocycles. The molecule has 0 aromatic carbocycles. The summed E-state index contributed by atoms with van der Waals surface area (Å²) in [6.45, 7) is 0.551. The third-order valence-electron chi connectivity index (χ3n) is 4.86. The lowest BCUT2D eigenvalue weighted by atomic mass is 9.84. The van der Waals surface area contributed by atoms with E-state index in [0.717, 1.165) is 24.2 Å². The molecule has 3 fully saturated rings. The largest absolute Gasteiger partial charge is 0.354 e. The molecule has 118 valence electrons. The summed E-state index contributed by atoms with van der Waals surface area (Å²) in [6, 6.07) is -0.425. The van der Waals surface area contributed by atoms with Crippen LogP contribution in [0.4, 0.5) is 4.79 Å². The van der Waals surface area contributed by atoms with E-state index in [2.05, 4.69) is 10.6 Å². The predicted octanol–water partition coefficient (Wildman–Crippen LogP) is -0.550. The van der Waals surface area contributed by atoms with Crippen LogP contribution in [0.15, 0.2) is 0 Å². The number of halogens is 1. The fraction of sp³-hybridized carbons (Fsp3) is 0.769. The van der Waals surface area contributed by atoms with E-state index in [1.54, 1.807) is 0 Å². The number of fused-ring (bicyclic) bond motifs is 2. The molecule has 3 rings (SSSR count). The summed E-state index contributed by atoms with van der Waals surface area (Å²) < 4.78 is 0. The molecular weight excluding hydrogens is 296 g/mol. The maximum Gasteiger partial charge on any atom is 0.324 e. The Morgan fingerprint density at radius 1 is 1.33 bits per heavy atom. The van der Waals surface area contributed by atoms with Crippen LogP contribution < -0.4 is 16.4 Å². The summed E-state index contributed by atoms with van der Waals surface area (Å²) >= 11 is 0. The van der Waals surface area contributed by atoms with Crippen LogP contribution in [0.2, 0.25) is 0 Å². The van der Waals surface area contributed by atoms with E-state index < -0.39 is 0 Å². The lowest BCUT2D eigenvalue weighted by Crippen LogP contribution is -2.47. The van der Waals surface area contributed by atoms with E-state index in [0.29, 0.717) is 18.4 Å². The molecule has 0 aromatic heterocycles. The van der Waals surface area contributed by atoms with Gasteiger partial charge in [0, 0.05) is 19.1 Å². The Morgan fingerprint density at radius 2 is 2.05 bits per heavy atom. The zero-order valence-corrected chi connectivity index (χ0v) is 12.5. The Kier molecular flexibility index (Phi) is 4.73. The molecule has 21 heavy (non-hydrogen) atoms. The van der Waals surface area contributed by atoms with Crippen molar-refractivity contribution in [2.45, 2.75) is 25.3 Å². The number of nitrogens with two attached hydrogens (primary N) is 1. The fourth-order valence-corrected chi connectivity index (χ4v) is 3.82. The van der Waals surface area contributed by atoms with E-state index in [1.807, 2.05) is 0 Å². The third-order valence-corrected chi connectivity index (χ3v) is 4.86. The number of hydrogen-bond acceptors (Lipinski definition) is 4. The van der Waals surface area contributed by atoms with Gasteiger partial charge in [0.05, 0.1) is 12.5 Å². The van der Waals surface area contributed by atoms with E-state index >= 15 is 0 Å². The van der Waals surface area contributed by atoms with E-state index in [1.165, 1.54) is 0 Å². The first-order valence-electron chi connectivity index (χ1n) is 7.19. The SMILES string of the molecule is Cl.NC1C2CCC(C2)C1C(=O)NCCN1C(=O)CNC1=O. The first-order valence-corrected chi connectivity index (χ1v) is 7.19. The average molecular weight is 317 g/mol. The minimum Gasteiger partial charge on any atom is -0.354 e. The minimum absolute atomic E-state index is 0. The van der Waals surface area contributed by atoms with Gasteiger partial charge in [0.25, 0.3) is 0 Å². The number of hydrogen-bond donors (Lipinski definition) is 3. The quantitative estimate of drug-likeness (QED) is 0.605. The van der Waals surface area contributed by atoms with Crippen molar-refractivity contribution in [1.29, 1.82) is 0 Å². The summed E-state index contributed by atoms with van der Waals surface area (Å²) in [6.07, 6.45) is 3.29. The summed E-state index contributed by atoms with van der Waals surface area (Å²) in [5, 5.41) is 5.26. The van der Waals surface area contributed by atoms with Gasteiger partial charge in [-0.25, -0.2) is 4.79 Å². The molecule has 1 aliphatic heterocycles. The minimum atomic E-state index is -0.388. The van der Waals surface area contributed by atoms with Crippen molar-refractivity contribution in [3.05, 3.63) is 0 Å². The fourth-order valence-electron chi connectivity index (χ4n) is 3.82. The predicted molar refractivity (Wildman–Crippen MR) is 77.7 cm³/mol. The highest BCUT2D eigenvalue weighted by Crippen LogP contribution is 2.47. The van der Waals surface area contributed by atoms with Gasteiger partial charge in [-0.05, 0) is 31.1 Å². The van der Waals surface area contributed by atoms with Crippen LogP contribution in [0.1, 0.15) is 19.3 Å². The van der Waals surface area contributed by atoms with Gasteiger partial charge >= 0.3 is 6.03 Å². The number of nitrogens with one attached hydrogen (secondary N) is 2. The highest BCUT2D eigenvalue weighted by molar-refractivity contribution is 6.01. The monoisotopic (exact) mass is 316 g/mol. The second-order valence-corrected chi connectivity index (χ2v) is 5.93. The zero-order chi connectivity index (χ0) is 14.3. The Balaban J connectivity index is 0.00000161. The van der Waals surface area contributed by atoms with Crippen LogP contribution >= 0.6 is 12.4 Å². The number of nitrogens with zero attached hydrogens (tertiary/aromatic N) is 1. The van der Waals surface area contributed by atoms with Crippen LogP contribution in [-0.4, -0.2) is 48.4 Å². The number of amides is 4. The lowest BCUT2D eigenvalue weighted by molar-refractivity contribution is -0.128. The molecule has 4 N–H and O–H groups in total. The van der Waals surface area contributed by atoms with E-state index in [4.69, 9.17) is 5.73 Å². The number of carbonyl (C=O) groups excluding carboxylic acids is 3. The van der Waals surface area contributed by atoms with Gasteiger partial charge < -0.3 is 16.4 Å². The maximum absolute atomic E-state index is 12.2. The van der Waals surface area contributed by atoms with Crippen molar-refractivity contribution in [3.63, 3.8) is 0 Å². The maximum atomic E-state index is 12.2. The Hall–Kier alpha value is -1.34. The molecule has 1 heterocycles. The Labute approximate surface area is 129 Å². The molecule has 1 saturated heterocycles. The number of rotatable bonds is 4. The molecule has 2 aliphatic carbocycles. The second-order valence-electron chi connectivity index (χ2n) is 5.93. The van der Waals surface area contributed by atoms with Gasteiger partial charge in [-0.1, -0.05) is 0 Å². The number of carbonyl (C=O) groups is 3. The normalized spacial score (nSPS) is 33.9. The Bertz CT molecular complexity index is 441. The molecule has 3 aliphatic rings. The molecule has 8 heteroatoms. The highest BCUT2D eigenvalue weighted by Gasteiger charge is 2.48. The zero-order valence-electron chi connectivity index (χ0n) is 11.7. The van der Waals surface area contributed by atoms with Crippen molar-refractivity contribution in [2.24, 2.45) is 23.5 Å². The van der Waals surface area contributed by atoms with Gasteiger partial charge in [-0.3, -0.25) is 14.5 Å². The van der Waals surface area contributed by atoms with Crippen molar-refractivity contribution in [1.82, 2.24) is 15.5 Å². The molecular formula is C13H21ClN4O3. The molecule has 0 radical (unpaired) electrons. The van der Waals surface area contributed by atoms with E-state index in [9.17, 15) is 14.4 Å². The van der Waals surface area contributed by atoms with Gasteiger partial charge in [0.1, 0.15) is 0 Å². The van der Waals surface area contributed by atoms with Crippen LogP contribution in [-0.2, 0) is 9.59 Å². The van der Waals surface area contributed by atoms with Crippen LogP contribution in [0.25, 0.3) is 0 Å². The summed E-state index contributed by atoms with van der Waals surface area (Å²) in [5.74, 6) is 0.517. The lowest BCUT2D eigenvalue weighted by Gasteiger charge is -2.27. The first kappa shape index (κ1) is 16.0. The van der Waals surface area contributed by atoms with Gasteiger partial charge in [-0.15, -0.1) is 12.4 Å². The molecule has 4 unspecified atom stereocenters. The van der Waals surface area contributed by atoms with Crippen LogP contribution in [0, 0.1) is 17.8 Å². The highest BCUT2D eigenvalue weighted by atomic mass is 35.5. The molecule has 2 bridgehead atoms. The average Bonchev–Trinajstić information content (AvgIpc) is 3.08. The van der Waals surface area contributed by atoms with Crippen LogP contribution in [0.5, 0.6) is 0 Å². The van der Waals surface area contributed by atoms with Crippen molar-refractivity contribution in [3.8, 4) is 0 Å². The van der Waals surface area contributed by atoms with Gasteiger partial charge in [-0.2, -0.15) is 0 Å². The number of urea groups is 1. The van der Waals surface area contributed by atoms with E-state index in [-0.39, 0.29) is 55.3 Å². The molecule has 4 atom stereocenters. The second kappa shape index (κ2) is 6.19. The van der Waals surface area contributed by atoms with Crippen molar-refractivity contribution >= 4 is 30.3 Å². The van der Waals surface area contributed by atoms with Crippen molar-refractivity contribution < 1.29 is 14.4 Å². The molecule has 7 nitrogen and oxygen atoms in total. The standard InChI is InChI=1S/C13H20N4O3.ClH/c14-11-8-2-1-7(5-8)10(11)12(19)15-3-4-17-9(18)6-16-13(17)20;/h7-8,10-11H,1-6,14H2,(H,15,19)(H,16,20);1H. The molecule has 0 spiro atoms. The topological polar surface area (TPSA) is 105 Å². The molecule has 4 amide bonds. The van der Waals surface area contributed by atoms with Crippen LogP contribution in [0.3, 0.4) is 0 Å². The van der Waals surface area contributed by atoms with Gasteiger partial charge in [0.15, 0.2) is 0 Å². The summed E-state index contributed by atoms with van der Waals surface area (Å²) in [5.41, 5.74) is 6.11.